The number of piperazine rings is 1. The van der Waals surface area contributed by atoms with E-state index in [1.165, 1.54) is 10.5 Å². The number of likely N-dealkylation sites (N-methyl/N-ethyl adjacent to an activating group) is 1. The molecule has 1 aliphatic rings. The molecule has 1 N–H and O–H groups in total. The van der Waals surface area contributed by atoms with Crippen molar-refractivity contribution in [2.75, 3.05) is 46.3 Å². The lowest BCUT2D eigenvalue weighted by molar-refractivity contribution is 0.229. The van der Waals surface area contributed by atoms with Crippen LogP contribution in [0.1, 0.15) is 0 Å². The van der Waals surface area contributed by atoms with E-state index in [-0.39, 0.29) is 4.90 Å². The van der Waals surface area contributed by atoms with Crippen LogP contribution in [-0.2, 0) is 10.0 Å². The number of aromatic nitrogens is 1. The Balaban J connectivity index is 1.98. The molecule has 1 aliphatic heterocycles. The Morgan fingerprint density at radius 2 is 2.10 bits per heavy atom. The summed E-state index contributed by atoms with van der Waals surface area (Å²) in [4.78, 5) is 6.39. The Morgan fingerprint density at radius 3 is 2.75 bits per heavy atom. The van der Waals surface area contributed by atoms with Crippen LogP contribution in [0.15, 0.2) is 27.8 Å². The van der Waals surface area contributed by atoms with Crippen LogP contribution in [0.3, 0.4) is 0 Å². The maximum Gasteiger partial charge on any atom is 0.244 e. The Bertz CT molecular complexity index is 546. The van der Waals surface area contributed by atoms with Crippen molar-refractivity contribution in [3.8, 4) is 0 Å². The highest BCUT2D eigenvalue weighted by molar-refractivity contribution is 9.10. The number of hydrogen-bond donors (Lipinski definition) is 1. The lowest BCUT2D eigenvalue weighted by Crippen LogP contribution is -2.46. The molecule has 0 unspecified atom stereocenters. The summed E-state index contributed by atoms with van der Waals surface area (Å²) >= 11 is 3.24. The number of hydrogen-bond acceptors (Lipinski definition) is 5. The second kappa shape index (κ2) is 6.95. The Hall–Kier alpha value is -0.540. The van der Waals surface area contributed by atoms with Crippen LogP contribution in [0.5, 0.6) is 0 Å². The standard InChI is InChI=1S/C12H19BrN4O2S/c1-16(6-7-17-4-2-14-3-5-17)20(18,19)12-8-11(13)9-15-10-12/h8-10,14H,2-7H2,1H3. The van der Waals surface area contributed by atoms with Gasteiger partial charge in [0.05, 0.1) is 0 Å². The van der Waals surface area contributed by atoms with Gasteiger partial charge >= 0.3 is 0 Å². The maximum atomic E-state index is 12.4. The fourth-order valence-corrected chi connectivity index (χ4v) is 3.72. The molecule has 20 heavy (non-hydrogen) atoms. The van der Waals surface area contributed by atoms with Crippen LogP contribution in [0.2, 0.25) is 0 Å². The molecule has 1 saturated heterocycles. The molecule has 2 rings (SSSR count). The van der Waals surface area contributed by atoms with E-state index < -0.39 is 10.0 Å². The molecule has 0 saturated carbocycles. The lowest BCUT2D eigenvalue weighted by Gasteiger charge is -2.28. The predicted octanol–water partition coefficient (Wildman–Crippen LogP) is 0.370. The molecule has 0 amide bonds. The summed E-state index contributed by atoms with van der Waals surface area (Å²) in [6.07, 6.45) is 2.95. The molecule has 0 aromatic carbocycles. The monoisotopic (exact) mass is 362 g/mol. The topological polar surface area (TPSA) is 65.5 Å². The summed E-state index contributed by atoms with van der Waals surface area (Å²) in [5.41, 5.74) is 0. The summed E-state index contributed by atoms with van der Waals surface area (Å²) in [7, 11) is -1.85. The second-order valence-electron chi connectivity index (χ2n) is 4.76. The fraction of sp³-hybridized carbons (Fsp3) is 0.583. The first-order valence-corrected chi connectivity index (χ1v) is 8.73. The molecule has 0 spiro atoms. The molecule has 1 aromatic rings. The second-order valence-corrected chi connectivity index (χ2v) is 7.72. The van der Waals surface area contributed by atoms with Gasteiger partial charge in [-0.2, -0.15) is 4.31 Å². The minimum atomic E-state index is -3.46. The molecule has 6 nitrogen and oxygen atoms in total. The average Bonchev–Trinajstić information content (AvgIpc) is 2.45. The van der Waals surface area contributed by atoms with Gasteiger partial charge in [0, 0.05) is 63.2 Å². The first kappa shape index (κ1) is 15.8. The molecule has 112 valence electrons. The zero-order valence-corrected chi connectivity index (χ0v) is 13.8. The van der Waals surface area contributed by atoms with E-state index in [0.717, 1.165) is 32.7 Å². The summed E-state index contributed by atoms with van der Waals surface area (Å²) in [6.45, 7) is 5.09. The van der Waals surface area contributed by atoms with Crippen molar-refractivity contribution in [1.82, 2.24) is 19.5 Å². The predicted molar refractivity (Wildman–Crippen MR) is 81.1 cm³/mol. The number of halogens is 1. The van der Waals surface area contributed by atoms with Crippen molar-refractivity contribution < 1.29 is 8.42 Å². The fourth-order valence-electron chi connectivity index (χ4n) is 2.05. The highest BCUT2D eigenvalue weighted by Crippen LogP contribution is 2.17. The molecule has 1 aromatic heterocycles. The van der Waals surface area contributed by atoms with Crippen molar-refractivity contribution in [3.05, 3.63) is 22.9 Å². The van der Waals surface area contributed by atoms with E-state index in [9.17, 15) is 8.42 Å². The number of nitrogens with zero attached hydrogens (tertiary/aromatic N) is 3. The Morgan fingerprint density at radius 1 is 1.40 bits per heavy atom. The number of nitrogens with one attached hydrogen (secondary N) is 1. The van der Waals surface area contributed by atoms with Crippen LogP contribution < -0.4 is 5.32 Å². The molecule has 0 radical (unpaired) electrons. The molecule has 1 fully saturated rings. The summed E-state index contributed by atoms with van der Waals surface area (Å²) in [5.74, 6) is 0. The third-order valence-electron chi connectivity index (χ3n) is 3.33. The molecular weight excluding hydrogens is 344 g/mol. The Kier molecular flexibility index (Phi) is 5.50. The first-order chi connectivity index (χ1) is 9.50. The van der Waals surface area contributed by atoms with Gasteiger partial charge in [0.25, 0.3) is 0 Å². The van der Waals surface area contributed by atoms with Crippen LogP contribution in [0.25, 0.3) is 0 Å². The molecular formula is C12H19BrN4O2S. The van der Waals surface area contributed by atoms with Crippen LogP contribution in [0.4, 0.5) is 0 Å². The highest BCUT2D eigenvalue weighted by atomic mass is 79.9. The number of sulfonamides is 1. The number of pyridine rings is 1. The van der Waals surface area contributed by atoms with Gasteiger partial charge in [0.1, 0.15) is 4.90 Å². The van der Waals surface area contributed by atoms with Crippen molar-refractivity contribution in [2.45, 2.75) is 4.90 Å². The molecule has 0 atom stereocenters. The minimum absolute atomic E-state index is 0.217. The quantitative estimate of drug-likeness (QED) is 0.819. The van der Waals surface area contributed by atoms with Gasteiger partial charge in [0.2, 0.25) is 10.0 Å². The largest absolute Gasteiger partial charge is 0.314 e. The van der Waals surface area contributed by atoms with E-state index in [1.807, 2.05) is 0 Å². The zero-order chi connectivity index (χ0) is 14.6. The van der Waals surface area contributed by atoms with E-state index in [2.05, 4.69) is 31.1 Å². The average molecular weight is 363 g/mol. The van der Waals surface area contributed by atoms with E-state index in [4.69, 9.17) is 0 Å². The van der Waals surface area contributed by atoms with E-state index in [0.29, 0.717) is 11.0 Å². The first-order valence-electron chi connectivity index (χ1n) is 6.50. The van der Waals surface area contributed by atoms with Gasteiger partial charge in [-0.1, -0.05) is 0 Å². The lowest BCUT2D eigenvalue weighted by atomic mass is 10.3. The van der Waals surface area contributed by atoms with Crippen LogP contribution >= 0.6 is 15.9 Å². The third kappa shape index (κ3) is 3.98. The Labute approximate surface area is 128 Å². The van der Waals surface area contributed by atoms with Crippen molar-refractivity contribution >= 4 is 26.0 Å². The molecule has 0 aliphatic carbocycles. The maximum absolute atomic E-state index is 12.4. The van der Waals surface area contributed by atoms with Gasteiger partial charge in [0.15, 0.2) is 0 Å². The van der Waals surface area contributed by atoms with Crippen molar-refractivity contribution in [1.29, 1.82) is 0 Å². The van der Waals surface area contributed by atoms with E-state index in [1.54, 1.807) is 19.3 Å². The van der Waals surface area contributed by atoms with E-state index >= 15 is 0 Å². The zero-order valence-electron chi connectivity index (χ0n) is 11.4. The minimum Gasteiger partial charge on any atom is -0.314 e. The van der Waals surface area contributed by atoms with Crippen LogP contribution in [-0.4, -0.2) is 68.9 Å². The SMILES string of the molecule is CN(CCN1CCNCC1)S(=O)(=O)c1cncc(Br)c1. The molecule has 0 bridgehead atoms. The summed E-state index contributed by atoms with van der Waals surface area (Å²) < 4.78 is 26.8. The van der Waals surface area contributed by atoms with Crippen molar-refractivity contribution in [3.63, 3.8) is 0 Å². The van der Waals surface area contributed by atoms with Gasteiger partial charge < -0.3 is 5.32 Å². The van der Waals surface area contributed by atoms with Gasteiger partial charge in [-0.15, -0.1) is 0 Å². The third-order valence-corrected chi connectivity index (χ3v) is 5.58. The smallest absolute Gasteiger partial charge is 0.244 e. The molecule has 2 heterocycles. The van der Waals surface area contributed by atoms with Gasteiger partial charge in [-0.25, -0.2) is 8.42 Å². The van der Waals surface area contributed by atoms with Gasteiger partial charge in [-0.3, -0.25) is 9.88 Å². The number of rotatable bonds is 5. The normalized spacial score (nSPS) is 17.6. The highest BCUT2D eigenvalue weighted by Gasteiger charge is 2.22. The van der Waals surface area contributed by atoms with Crippen LogP contribution in [0, 0.1) is 0 Å². The summed E-state index contributed by atoms with van der Waals surface area (Å²) in [5, 5.41) is 3.28. The molecule has 8 heteroatoms. The van der Waals surface area contributed by atoms with Crippen molar-refractivity contribution in [2.24, 2.45) is 0 Å². The van der Waals surface area contributed by atoms with Gasteiger partial charge in [-0.05, 0) is 22.0 Å². The summed E-state index contributed by atoms with van der Waals surface area (Å²) in [6, 6.07) is 1.57.